The number of aryl methyl sites for hydroxylation is 1. The molecule has 0 aliphatic carbocycles. The first-order valence-electron chi connectivity index (χ1n) is 7.39. The number of anilines is 1. The van der Waals surface area contributed by atoms with Crippen molar-refractivity contribution in [2.24, 2.45) is 0 Å². The van der Waals surface area contributed by atoms with Gasteiger partial charge < -0.3 is 10.1 Å². The van der Waals surface area contributed by atoms with E-state index < -0.39 is 4.92 Å². The van der Waals surface area contributed by atoms with E-state index in [4.69, 9.17) is 16.3 Å². The van der Waals surface area contributed by atoms with Crippen LogP contribution >= 0.6 is 11.6 Å². The molecule has 7 heteroatoms. The van der Waals surface area contributed by atoms with Crippen molar-refractivity contribution in [2.75, 3.05) is 11.9 Å². The molecule has 0 spiro atoms. The first-order chi connectivity index (χ1) is 11.5. The molecule has 0 aliphatic heterocycles. The van der Waals surface area contributed by atoms with Gasteiger partial charge in [0.15, 0.2) is 0 Å². The van der Waals surface area contributed by atoms with E-state index in [1.54, 1.807) is 0 Å². The summed E-state index contributed by atoms with van der Waals surface area (Å²) in [5.74, 6) is 0.479. The van der Waals surface area contributed by atoms with Crippen molar-refractivity contribution in [1.29, 1.82) is 0 Å². The lowest BCUT2D eigenvalue weighted by Gasteiger charge is -2.08. The lowest BCUT2D eigenvalue weighted by atomic mass is 10.2. The molecule has 0 fully saturated rings. The molecule has 0 aliphatic rings. The SMILES string of the molecule is Cc1ccc(OCCCC(=O)Nc2cc([N+](=O)[O-])ccc2Cl)cc1. The number of amides is 1. The topological polar surface area (TPSA) is 81.5 Å². The summed E-state index contributed by atoms with van der Waals surface area (Å²) in [6.45, 7) is 2.40. The molecule has 0 saturated carbocycles. The van der Waals surface area contributed by atoms with Crippen molar-refractivity contribution < 1.29 is 14.5 Å². The summed E-state index contributed by atoms with van der Waals surface area (Å²) in [5.41, 5.74) is 1.25. The Hall–Kier alpha value is -2.60. The third-order valence-corrected chi connectivity index (χ3v) is 3.60. The number of ether oxygens (including phenoxy) is 1. The van der Waals surface area contributed by atoms with Gasteiger partial charge in [0.1, 0.15) is 5.75 Å². The number of carbonyl (C=O) groups is 1. The number of nitrogens with one attached hydrogen (secondary N) is 1. The summed E-state index contributed by atoms with van der Waals surface area (Å²) in [6.07, 6.45) is 0.747. The summed E-state index contributed by atoms with van der Waals surface area (Å²) in [6, 6.07) is 11.6. The zero-order valence-corrected chi connectivity index (χ0v) is 13.9. The quantitative estimate of drug-likeness (QED) is 0.458. The lowest BCUT2D eigenvalue weighted by molar-refractivity contribution is -0.384. The third-order valence-electron chi connectivity index (χ3n) is 3.27. The number of rotatable bonds is 7. The molecule has 0 radical (unpaired) electrons. The van der Waals surface area contributed by atoms with Crippen LogP contribution in [0.1, 0.15) is 18.4 Å². The van der Waals surface area contributed by atoms with E-state index in [-0.39, 0.29) is 28.7 Å². The van der Waals surface area contributed by atoms with Crippen LogP contribution in [0.15, 0.2) is 42.5 Å². The van der Waals surface area contributed by atoms with Crippen LogP contribution in [-0.4, -0.2) is 17.4 Å². The fourth-order valence-electron chi connectivity index (χ4n) is 1.99. The van der Waals surface area contributed by atoms with E-state index in [0.29, 0.717) is 13.0 Å². The maximum Gasteiger partial charge on any atom is 0.271 e. The highest BCUT2D eigenvalue weighted by atomic mass is 35.5. The normalized spacial score (nSPS) is 10.2. The van der Waals surface area contributed by atoms with Crippen LogP contribution in [0.4, 0.5) is 11.4 Å². The predicted octanol–water partition coefficient (Wildman–Crippen LogP) is 4.35. The van der Waals surface area contributed by atoms with Crippen molar-refractivity contribution in [3.63, 3.8) is 0 Å². The van der Waals surface area contributed by atoms with Crippen LogP contribution < -0.4 is 10.1 Å². The molecular formula is C17H17ClN2O4. The minimum atomic E-state index is -0.540. The highest BCUT2D eigenvalue weighted by Gasteiger charge is 2.12. The van der Waals surface area contributed by atoms with Gasteiger partial charge in [-0.15, -0.1) is 0 Å². The van der Waals surface area contributed by atoms with Crippen molar-refractivity contribution in [1.82, 2.24) is 0 Å². The van der Waals surface area contributed by atoms with E-state index >= 15 is 0 Å². The van der Waals surface area contributed by atoms with Gasteiger partial charge in [-0.1, -0.05) is 29.3 Å². The van der Waals surface area contributed by atoms with Gasteiger partial charge in [-0.2, -0.15) is 0 Å². The molecule has 1 N–H and O–H groups in total. The van der Waals surface area contributed by atoms with E-state index in [9.17, 15) is 14.9 Å². The van der Waals surface area contributed by atoms with Gasteiger partial charge in [-0.3, -0.25) is 14.9 Å². The number of carbonyl (C=O) groups excluding carboxylic acids is 1. The molecule has 1 amide bonds. The van der Waals surface area contributed by atoms with Crippen LogP contribution in [0.25, 0.3) is 0 Å². The van der Waals surface area contributed by atoms with Gasteiger partial charge in [0.2, 0.25) is 5.91 Å². The van der Waals surface area contributed by atoms with Crippen molar-refractivity contribution in [2.45, 2.75) is 19.8 Å². The molecule has 2 rings (SSSR count). The summed E-state index contributed by atoms with van der Waals surface area (Å²) in [4.78, 5) is 22.1. The zero-order chi connectivity index (χ0) is 17.5. The number of benzene rings is 2. The van der Waals surface area contributed by atoms with Gasteiger partial charge in [0.05, 0.1) is 22.2 Å². The van der Waals surface area contributed by atoms with Crippen LogP contribution in [-0.2, 0) is 4.79 Å². The Labute approximate surface area is 144 Å². The minimum absolute atomic E-state index is 0.127. The molecule has 0 saturated heterocycles. The van der Waals surface area contributed by atoms with E-state index in [1.807, 2.05) is 31.2 Å². The number of nitro groups is 1. The molecule has 0 aromatic heterocycles. The van der Waals surface area contributed by atoms with E-state index in [1.165, 1.54) is 18.2 Å². The first-order valence-corrected chi connectivity index (χ1v) is 7.77. The molecular weight excluding hydrogens is 332 g/mol. The number of nitro benzene ring substituents is 1. The summed E-state index contributed by atoms with van der Waals surface area (Å²) >= 11 is 5.94. The fraction of sp³-hybridized carbons (Fsp3) is 0.235. The molecule has 126 valence electrons. The van der Waals surface area contributed by atoms with Gasteiger partial charge in [0.25, 0.3) is 5.69 Å². The number of non-ortho nitro benzene ring substituents is 1. The van der Waals surface area contributed by atoms with Gasteiger partial charge in [-0.05, 0) is 31.5 Å². The number of hydrogen-bond donors (Lipinski definition) is 1. The van der Waals surface area contributed by atoms with Crippen molar-refractivity contribution >= 4 is 28.9 Å². The van der Waals surface area contributed by atoms with Crippen molar-refractivity contribution in [3.8, 4) is 5.75 Å². The average Bonchev–Trinajstić information content (AvgIpc) is 2.55. The minimum Gasteiger partial charge on any atom is -0.494 e. The Morgan fingerprint density at radius 2 is 1.96 bits per heavy atom. The summed E-state index contributed by atoms with van der Waals surface area (Å²) in [5, 5.41) is 13.6. The lowest BCUT2D eigenvalue weighted by Crippen LogP contribution is -2.13. The van der Waals surface area contributed by atoms with Crippen LogP contribution in [0.2, 0.25) is 5.02 Å². The zero-order valence-electron chi connectivity index (χ0n) is 13.1. The summed E-state index contributed by atoms with van der Waals surface area (Å²) < 4.78 is 5.54. The van der Waals surface area contributed by atoms with Crippen molar-refractivity contribution in [3.05, 3.63) is 63.2 Å². The molecule has 2 aromatic carbocycles. The Kier molecular flexibility index (Phi) is 6.14. The van der Waals surface area contributed by atoms with E-state index in [0.717, 1.165) is 11.3 Å². The Morgan fingerprint density at radius 3 is 2.62 bits per heavy atom. The Morgan fingerprint density at radius 1 is 1.25 bits per heavy atom. The molecule has 0 heterocycles. The standard InChI is InChI=1S/C17H17ClN2O4/c1-12-4-7-14(8-5-12)24-10-2-3-17(21)19-16-11-13(20(22)23)6-9-15(16)18/h4-9,11H,2-3,10H2,1H3,(H,19,21). The second-order valence-electron chi connectivity index (χ2n) is 5.23. The van der Waals surface area contributed by atoms with Gasteiger partial charge in [-0.25, -0.2) is 0 Å². The second-order valence-corrected chi connectivity index (χ2v) is 5.64. The predicted molar refractivity (Wildman–Crippen MR) is 92.6 cm³/mol. The molecule has 6 nitrogen and oxygen atoms in total. The smallest absolute Gasteiger partial charge is 0.271 e. The highest BCUT2D eigenvalue weighted by Crippen LogP contribution is 2.26. The van der Waals surface area contributed by atoms with Crippen LogP contribution in [0.3, 0.4) is 0 Å². The van der Waals surface area contributed by atoms with E-state index in [2.05, 4.69) is 5.32 Å². The maximum absolute atomic E-state index is 11.9. The van der Waals surface area contributed by atoms with Gasteiger partial charge >= 0.3 is 0 Å². The summed E-state index contributed by atoms with van der Waals surface area (Å²) in [7, 11) is 0. The molecule has 0 unspecified atom stereocenters. The average molecular weight is 349 g/mol. The molecule has 2 aromatic rings. The fourth-order valence-corrected chi connectivity index (χ4v) is 2.16. The number of hydrogen-bond acceptors (Lipinski definition) is 4. The second kappa shape index (κ2) is 8.31. The monoisotopic (exact) mass is 348 g/mol. The number of nitrogens with zero attached hydrogens (tertiary/aromatic N) is 1. The largest absolute Gasteiger partial charge is 0.494 e. The number of halogens is 1. The maximum atomic E-state index is 11.9. The van der Waals surface area contributed by atoms with Crippen LogP contribution in [0.5, 0.6) is 5.75 Å². The highest BCUT2D eigenvalue weighted by molar-refractivity contribution is 6.33. The Bertz CT molecular complexity index is 732. The first kappa shape index (κ1) is 17.7. The molecule has 24 heavy (non-hydrogen) atoms. The molecule has 0 bridgehead atoms. The van der Waals surface area contributed by atoms with Gasteiger partial charge in [0, 0.05) is 18.6 Å². The molecule has 0 atom stereocenters. The third kappa shape index (κ3) is 5.24. The van der Waals surface area contributed by atoms with Crippen LogP contribution in [0, 0.1) is 17.0 Å². The Balaban J connectivity index is 1.80.